The van der Waals surface area contributed by atoms with Crippen molar-refractivity contribution < 1.29 is 21.6 Å². The lowest BCUT2D eigenvalue weighted by Gasteiger charge is -2.27. The van der Waals surface area contributed by atoms with Gasteiger partial charge in [0.2, 0.25) is 5.91 Å². The second kappa shape index (κ2) is 8.48. The summed E-state index contributed by atoms with van der Waals surface area (Å²) in [4.78, 5) is 17.5. The molecule has 0 spiro atoms. The van der Waals surface area contributed by atoms with Crippen molar-refractivity contribution in [3.8, 4) is 0 Å². The fourth-order valence-electron chi connectivity index (χ4n) is 2.81. The number of benzene rings is 1. The summed E-state index contributed by atoms with van der Waals surface area (Å²) < 4.78 is 51.6. The third-order valence-electron chi connectivity index (χ3n) is 4.43. The van der Waals surface area contributed by atoms with Crippen molar-refractivity contribution in [1.29, 1.82) is 0 Å². The van der Waals surface area contributed by atoms with Gasteiger partial charge in [0.05, 0.1) is 22.9 Å². The third-order valence-corrected chi connectivity index (χ3v) is 9.05. The zero-order valence-electron chi connectivity index (χ0n) is 16.0. The highest BCUT2D eigenvalue weighted by Gasteiger charge is 2.30. The van der Waals surface area contributed by atoms with Crippen LogP contribution in [0.3, 0.4) is 0 Å². The van der Waals surface area contributed by atoms with E-state index in [1.54, 1.807) is 18.2 Å². The molecule has 0 bridgehead atoms. The first-order valence-corrected chi connectivity index (χ1v) is 12.7. The van der Waals surface area contributed by atoms with Gasteiger partial charge in [-0.05, 0) is 12.1 Å². The minimum Gasteiger partial charge on any atom is -0.302 e. The zero-order chi connectivity index (χ0) is 21.2. The van der Waals surface area contributed by atoms with Crippen LogP contribution in [0.25, 0.3) is 0 Å². The highest BCUT2D eigenvalue weighted by molar-refractivity contribution is 7.91. The summed E-state index contributed by atoms with van der Waals surface area (Å²) in [5, 5.41) is 2.97. The predicted octanol–water partition coefficient (Wildman–Crippen LogP) is 1.11. The second-order valence-corrected chi connectivity index (χ2v) is 12.0. The summed E-state index contributed by atoms with van der Waals surface area (Å²) in [6, 6.07) is 7.98. The van der Waals surface area contributed by atoms with Crippen molar-refractivity contribution in [2.75, 3.05) is 31.7 Å². The molecule has 29 heavy (non-hydrogen) atoms. The van der Waals surface area contributed by atoms with Crippen molar-refractivity contribution in [3.63, 3.8) is 0 Å². The Balaban J connectivity index is 1.61. The van der Waals surface area contributed by atoms with Crippen LogP contribution in [0.2, 0.25) is 0 Å². The summed E-state index contributed by atoms with van der Waals surface area (Å²) in [5.41, 5.74) is 0.757. The van der Waals surface area contributed by atoms with Gasteiger partial charge >= 0.3 is 0 Å². The molecule has 0 aliphatic carbocycles. The maximum Gasteiger partial charge on any atom is 0.281 e. The van der Waals surface area contributed by atoms with Crippen LogP contribution >= 0.6 is 11.3 Å². The number of sulfone groups is 1. The van der Waals surface area contributed by atoms with Crippen molar-refractivity contribution in [2.45, 2.75) is 24.3 Å². The van der Waals surface area contributed by atoms with Gasteiger partial charge in [0.15, 0.2) is 15.0 Å². The number of rotatable bonds is 7. The highest BCUT2D eigenvalue weighted by atomic mass is 32.2. The number of hydrogen-bond donors (Lipinski definition) is 1. The molecule has 1 amide bonds. The van der Waals surface area contributed by atoms with Crippen LogP contribution in [0.4, 0.5) is 5.13 Å². The van der Waals surface area contributed by atoms with Gasteiger partial charge < -0.3 is 5.32 Å². The lowest BCUT2D eigenvalue weighted by molar-refractivity contribution is -0.115. The van der Waals surface area contributed by atoms with E-state index in [0.29, 0.717) is 18.1 Å². The van der Waals surface area contributed by atoms with Crippen molar-refractivity contribution in [2.24, 2.45) is 0 Å². The monoisotopic (exact) mass is 458 g/mol. The van der Waals surface area contributed by atoms with Gasteiger partial charge in [0, 0.05) is 38.4 Å². The molecule has 0 radical (unpaired) electrons. The molecule has 1 aromatic carbocycles. The molecule has 1 aliphatic rings. The highest BCUT2D eigenvalue weighted by Crippen LogP contribution is 2.30. The minimum absolute atomic E-state index is 0.180. The summed E-state index contributed by atoms with van der Waals surface area (Å²) in [6.45, 7) is 0.520. The Hall–Kier alpha value is -1.86. The SMILES string of the molecule is CN(C)S(=O)(=O)N1CCc2nc(NC(=O)CCS(=O)(=O)c3ccccc3)sc2C1. The molecule has 9 nitrogen and oxygen atoms in total. The summed E-state index contributed by atoms with van der Waals surface area (Å²) >= 11 is 1.21. The first-order chi connectivity index (χ1) is 13.6. The zero-order valence-corrected chi connectivity index (χ0v) is 18.5. The fraction of sp³-hybridized carbons (Fsp3) is 0.412. The fourth-order valence-corrected chi connectivity index (χ4v) is 6.27. The Morgan fingerprint density at radius 3 is 2.55 bits per heavy atom. The topological polar surface area (TPSA) is 117 Å². The van der Waals surface area contributed by atoms with Crippen LogP contribution in [0.5, 0.6) is 0 Å². The average Bonchev–Trinajstić information content (AvgIpc) is 3.08. The Kier molecular flexibility index (Phi) is 6.39. The number of amides is 1. The van der Waals surface area contributed by atoms with Gasteiger partial charge in [-0.15, -0.1) is 11.3 Å². The molecule has 12 heteroatoms. The number of fused-ring (bicyclic) bond motifs is 1. The number of carbonyl (C=O) groups is 1. The van der Waals surface area contributed by atoms with Crippen molar-refractivity contribution >= 4 is 42.4 Å². The molecule has 1 aromatic heterocycles. The third kappa shape index (κ3) is 5.01. The first kappa shape index (κ1) is 21.8. The number of nitrogens with zero attached hydrogens (tertiary/aromatic N) is 3. The van der Waals surface area contributed by atoms with Gasteiger partial charge in [0.1, 0.15) is 0 Å². The Morgan fingerprint density at radius 1 is 1.21 bits per heavy atom. The molecule has 2 aromatic rings. The van der Waals surface area contributed by atoms with Crippen LogP contribution in [0, 0.1) is 0 Å². The van der Waals surface area contributed by atoms with E-state index in [9.17, 15) is 21.6 Å². The van der Waals surface area contributed by atoms with E-state index in [1.165, 1.54) is 41.9 Å². The number of aromatic nitrogens is 1. The van der Waals surface area contributed by atoms with E-state index in [-0.39, 0.29) is 23.6 Å². The molecular weight excluding hydrogens is 436 g/mol. The normalized spacial score (nSPS) is 15.3. The smallest absolute Gasteiger partial charge is 0.281 e. The molecule has 1 aliphatic heterocycles. The molecule has 0 atom stereocenters. The molecule has 0 fully saturated rings. The van der Waals surface area contributed by atoms with Gasteiger partial charge in [-0.1, -0.05) is 18.2 Å². The lowest BCUT2D eigenvalue weighted by Crippen LogP contribution is -2.42. The van der Waals surface area contributed by atoms with E-state index in [0.717, 1.165) is 14.9 Å². The van der Waals surface area contributed by atoms with Gasteiger partial charge in [-0.2, -0.15) is 17.0 Å². The molecule has 3 rings (SSSR count). The van der Waals surface area contributed by atoms with Gasteiger partial charge in [-0.25, -0.2) is 13.4 Å². The molecular formula is C17H22N4O5S3. The lowest BCUT2D eigenvalue weighted by atomic mass is 10.2. The predicted molar refractivity (Wildman–Crippen MR) is 111 cm³/mol. The van der Waals surface area contributed by atoms with E-state index in [4.69, 9.17) is 0 Å². The number of thiazole rings is 1. The van der Waals surface area contributed by atoms with Crippen LogP contribution in [-0.2, 0) is 37.8 Å². The van der Waals surface area contributed by atoms with E-state index in [1.807, 2.05) is 0 Å². The molecule has 2 heterocycles. The van der Waals surface area contributed by atoms with Crippen LogP contribution in [-0.4, -0.2) is 62.7 Å². The number of carbonyl (C=O) groups excluding carboxylic acids is 1. The standard InChI is InChI=1S/C17H22N4O5S3/c1-20(2)29(25,26)21-10-8-14-15(12-21)27-17(18-14)19-16(22)9-11-28(23,24)13-6-4-3-5-7-13/h3-7H,8-12H2,1-2H3,(H,18,19,22). The van der Waals surface area contributed by atoms with E-state index >= 15 is 0 Å². The van der Waals surface area contributed by atoms with E-state index in [2.05, 4.69) is 10.3 Å². The van der Waals surface area contributed by atoms with Crippen molar-refractivity contribution in [1.82, 2.24) is 13.6 Å². The largest absolute Gasteiger partial charge is 0.302 e. The summed E-state index contributed by atoms with van der Waals surface area (Å²) in [6.07, 6.45) is 0.264. The molecule has 0 unspecified atom stereocenters. The Morgan fingerprint density at radius 2 is 1.90 bits per heavy atom. The maximum atomic E-state index is 12.3. The number of hydrogen-bond acceptors (Lipinski definition) is 7. The summed E-state index contributed by atoms with van der Waals surface area (Å²) in [5.74, 6) is -0.753. The van der Waals surface area contributed by atoms with Crippen LogP contribution < -0.4 is 5.32 Å². The second-order valence-electron chi connectivity index (χ2n) is 6.69. The van der Waals surface area contributed by atoms with Gasteiger partial charge in [-0.3, -0.25) is 4.79 Å². The number of anilines is 1. The average molecular weight is 459 g/mol. The molecule has 158 valence electrons. The van der Waals surface area contributed by atoms with Crippen molar-refractivity contribution in [3.05, 3.63) is 40.9 Å². The Labute approximate surface area is 174 Å². The quantitative estimate of drug-likeness (QED) is 0.664. The van der Waals surface area contributed by atoms with E-state index < -0.39 is 26.0 Å². The van der Waals surface area contributed by atoms with Crippen LogP contribution in [0.1, 0.15) is 17.0 Å². The molecule has 1 N–H and O–H groups in total. The molecule has 0 saturated heterocycles. The maximum absolute atomic E-state index is 12.3. The Bertz CT molecular complexity index is 1100. The summed E-state index contributed by atoms with van der Waals surface area (Å²) in [7, 11) is -4.10. The minimum atomic E-state index is -3.54. The van der Waals surface area contributed by atoms with Crippen LogP contribution in [0.15, 0.2) is 35.2 Å². The number of nitrogens with one attached hydrogen (secondary N) is 1. The first-order valence-electron chi connectivity index (χ1n) is 8.83. The molecule has 0 saturated carbocycles. The van der Waals surface area contributed by atoms with Gasteiger partial charge in [0.25, 0.3) is 10.2 Å².